The largest absolute Gasteiger partial charge is 0.358 e. The minimum Gasteiger partial charge on any atom is -0.358 e. The molecule has 3 aliphatic heterocycles. The second-order valence-electron chi connectivity index (χ2n) is 9.91. The molecule has 4 heteroatoms. The summed E-state index contributed by atoms with van der Waals surface area (Å²) in [6.45, 7) is 9.99. The molecule has 0 unspecified atom stereocenters. The highest BCUT2D eigenvalue weighted by Gasteiger charge is 2.38. The first-order valence-corrected chi connectivity index (χ1v) is 12.7. The monoisotopic (exact) mass is 462 g/mol. The number of allylic oxidation sites excluding steroid dienone is 1. The Labute approximate surface area is 209 Å². The summed E-state index contributed by atoms with van der Waals surface area (Å²) in [5.74, 6) is 0. The van der Waals surface area contributed by atoms with Gasteiger partial charge in [0.05, 0.1) is 23.2 Å². The lowest BCUT2D eigenvalue weighted by Crippen LogP contribution is -2.45. The van der Waals surface area contributed by atoms with Crippen LogP contribution in [0.25, 0.3) is 33.6 Å². The molecule has 0 bridgehead atoms. The molecule has 0 N–H and O–H groups in total. The van der Waals surface area contributed by atoms with E-state index in [0.717, 1.165) is 6.54 Å². The lowest BCUT2D eigenvalue weighted by molar-refractivity contribution is 0.276. The normalized spacial score (nSPS) is 19.7. The second-order valence-corrected chi connectivity index (χ2v) is 9.91. The van der Waals surface area contributed by atoms with Crippen LogP contribution in [0, 0.1) is 0 Å². The van der Waals surface area contributed by atoms with E-state index in [-0.39, 0.29) is 12.3 Å². The van der Waals surface area contributed by atoms with Gasteiger partial charge in [-0.2, -0.15) is 0 Å². The van der Waals surface area contributed by atoms with E-state index in [0.29, 0.717) is 0 Å². The van der Waals surface area contributed by atoms with Crippen LogP contribution in [0.2, 0.25) is 0 Å². The molecule has 0 amide bonds. The highest BCUT2D eigenvalue weighted by Crippen LogP contribution is 2.54. The first kappa shape index (κ1) is 22.0. The van der Waals surface area contributed by atoms with Crippen LogP contribution < -0.4 is 9.80 Å². The summed E-state index contributed by atoms with van der Waals surface area (Å²) in [6.07, 6.45) is 5.05. The summed E-state index contributed by atoms with van der Waals surface area (Å²) >= 11 is 0. The molecule has 3 aromatic rings. The average molecular weight is 463 g/mol. The molecule has 0 aliphatic carbocycles. The second kappa shape index (κ2) is 8.03. The van der Waals surface area contributed by atoms with E-state index in [1.165, 1.54) is 56.1 Å². The van der Waals surface area contributed by atoms with Crippen LogP contribution >= 0.6 is 0 Å². The standard InChI is InChI=1S/C31H34N4/c1-7-28-24-15-11-9-13-22(24)26-17-27-23-14-10-12-16-25(23)31-19-33(6)21(4)35(31)30(27)18-29(26)34(28)20(3)32(5)8-2/h7,9-21H,8H2,1-6H3/b28-7-/t20-,21+/m1/s1. The van der Waals surface area contributed by atoms with Crippen molar-refractivity contribution in [3.8, 4) is 22.3 Å². The van der Waals surface area contributed by atoms with Gasteiger partial charge in [-0.25, -0.2) is 0 Å². The molecule has 0 saturated carbocycles. The Morgan fingerprint density at radius 3 is 2.14 bits per heavy atom. The van der Waals surface area contributed by atoms with Crippen LogP contribution in [0.3, 0.4) is 0 Å². The number of rotatable bonds is 3. The Hall–Kier alpha value is -3.50. The molecule has 4 nitrogen and oxygen atoms in total. The molecule has 3 aromatic carbocycles. The number of hydrogen-bond acceptors (Lipinski definition) is 4. The van der Waals surface area contributed by atoms with E-state index >= 15 is 0 Å². The number of fused-ring (bicyclic) bond motifs is 9. The van der Waals surface area contributed by atoms with Crippen LogP contribution in [0.15, 0.2) is 72.9 Å². The summed E-state index contributed by atoms with van der Waals surface area (Å²) < 4.78 is 0. The minimum absolute atomic E-state index is 0.223. The average Bonchev–Trinajstić information content (AvgIpc) is 3.20. The quantitative estimate of drug-likeness (QED) is 0.419. The van der Waals surface area contributed by atoms with Crippen molar-refractivity contribution in [2.45, 2.75) is 40.0 Å². The first-order valence-electron chi connectivity index (χ1n) is 12.7. The van der Waals surface area contributed by atoms with Crippen LogP contribution in [-0.4, -0.2) is 42.8 Å². The minimum atomic E-state index is 0.223. The lowest BCUT2D eigenvalue weighted by Gasteiger charge is -2.44. The van der Waals surface area contributed by atoms with Crippen molar-refractivity contribution in [1.29, 1.82) is 0 Å². The van der Waals surface area contributed by atoms with Gasteiger partial charge in [0.25, 0.3) is 0 Å². The lowest BCUT2D eigenvalue weighted by atomic mass is 9.84. The van der Waals surface area contributed by atoms with Gasteiger partial charge in [-0.15, -0.1) is 0 Å². The van der Waals surface area contributed by atoms with E-state index in [1.807, 2.05) is 0 Å². The molecular weight excluding hydrogens is 428 g/mol. The Kier molecular flexibility index (Phi) is 5.05. The Morgan fingerprint density at radius 1 is 0.886 bits per heavy atom. The van der Waals surface area contributed by atoms with Crippen LogP contribution in [0.4, 0.5) is 11.4 Å². The first-order chi connectivity index (χ1) is 17.0. The SMILES string of the molecule is C/C=C1/c2ccccc2-c2cc3c(cc2N1[C@H](C)N(C)CC)N1C(=CN(C)[C@@H]1C)c1ccccc1-3. The highest BCUT2D eigenvalue weighted by molar-refractivity contribution is 6.07. The summed E-state index contributed by atoms with van der Waals surface area (Å²) in [6, 6.07) is 22.6. The van der Waals surface area contributed by atoms with Crippen LogP contribution in [0.1, 0.15) is 38.8 Å². The fraction of sp³-hybridized carbons (Fsp3) is 0.290. The van der Waals surface area contributed by atoms with Crippen molar-refractivity contribution in [2.24, 2.45) is 0 Å². The van der Waals surface area contributed by atoms with Gasteiger partial charge in [0, 0.05) is 41.2 Å². The fourth-order valence-electron chi connectivity index (χ4n) is 5.98. The zero-order valence-corrected chi connectivity index (χ0v) is 21.6. The van der Waals surface area contributed by atoms with Crippen molar-refractivity contribution in [2.75, 3.05) is 30.4 Å². The molecule has 0 aromatic heterocycles. The molecule has 0 fully saturated rings. The van der Waals surface area contributed by atoms with Crippen molar-refractivity contribution in [3.63, 3.8) is 0 Å². The topological polar surface area (TPSA) is 13.0 Å². The third-order valence-corrected chi connectivity index (χ3v) is 8.21. The number of hydrogen-bond donors (Lipinski definition) is 0. The summed E-state index contributed by atoms with van der Waals surface area (Å²) in [5.41, 5.74) is 13.0. The molecule has 3 aliphatic rings. The third-order valence-electron chi connectivity index (χ3n) is 8.21. The number of anilines is 2. The van der Waals surface area contributed by atoms with Crippen molar-refractivity contribution < 1.29 is 0 Å². The zero-order valence-electron chi connectivity index (χ0n) is 21.6. The fourth-order valence-corrected chi connectivity index (χ4v) is 5.98. The maximum Gasteiger partial charge on any atom is 0.103 e. The molecular formula is C31H34N4. The smallest absolute Gasteiger partial charge is 0.103 e. The number of benzene rings is 3. The summed E-state index contributed by atoms with van der Waals surface area (Å²) in [4.78, 5) is 9.78. The maximum atomic E-state index is 2.54. The predicted molar refractivity (Wildman–Crippen MR) is 149 cm³/mol. The van der Waals surface area contributed by atoms with Gasteiger partial charge >= 0.3 is 0 Å². The molecule has 2 atom stereocenters. The van der Waals surface area contributed by atoms with E-state index in [2.05, 4.69) is 134 Å². The molecule has 178 valence electrons. The van der Waals surface area contributed by atoms with E-state index in [1.54, 1.807) is 0 Å². The van der Waals surface area contributed by atoms with Gasteiger partial charge in [0.1, 0.15) is 6.17 Å². The molecule has 0 saturated heterocycles. The van der Waals surface area contributed by atoms with Crippen LogP contribution in [-0.2, 0) is 0 Å². The number of nitrogens with zero attached hydrogens (tertiary/aromatic N) is 4. The van der Waals surface area contributed by atoms with Gasteiger partial charge < -0.3 is 14.7 Å². The molecule has 0 radical (unpaired) electrons. The van der Waals surface area contributed by atoms with E-state index in [4.69, 9.17) is 0 Å². The van der Waals surface area contributed by atoms with E-state index < -0.39 is 0 Å². The van der Waals surface area contributed by atoms with E-state index in [9.17, 15) is 0 Å². The van der Waals surface area contributed by atoms with Gasteiger partial charge in [0.15, 0.2) is 0 Å². The Bertz CT molecular complexity index is 1380. The van der Waals surface area contributed by atoms with Crippen molar-refractivity contribution in [3.05, 3.63) is 84.1 Å². The molecule has 35 heavy (non-hydrogen) atoms. The molecule has 6 rings (SSSR count). The summed E-state index contributed by atoms with van der Waals surface area (Å²) in [5, 5.41) is 0. The van der Waals surface area contributed by atoms with Gasteiger partial charge in [-0.05, 0) is 57.6 Å². The van der Waals surface area contributed by atoms with Crippen molar-refractivity contribution in [1.82, 2.24) is 9.80 Å². The third kappa shape index (κ3) is 3.02. The summed E-state index contributed by atoms with van der Waals surface area (Å²) in [7, 11) is 4.39. The van der Waals surface area contributed by atoms with Crippen LogP contribution in [0.5, 0.6) is 0 Å². The maximum absolute atomic E-state index is 2.54. The predicted octanol–water partition coefficient (Wildman–Crippen LogP) is 6.91. The molecule has 3 heterocycles. The highest BCUT2D eigenvalue weighted by atomic mass is 15.4. The Morgan fingerprint density at radius 2 is 1.49 bits per heavy atom. The van der Waals surface area contributed by atoms with Crippen molar-refractivity contribution >= 4 is 22.8 Å². The van der Waals surface area contributed by atoms with Gasteiger partial charge in [-0.3, -0.25) is 4.90 Å². The zero-order chi connectivity index (χ0) is 24.4. The Balaban J connectivity index is 1.67. The van der Waals surface area contributed by atoms with Gasteiger partial charge in [0.2, 0.25) is 0 Å². The van der Waals surface area contributed by atoms with Gasteiger partial charge in [-0.1, -0.05) is 61.5 Å². The molecule has 0 spiro atoms.